The Balaban J connectivity index is 1.49. The number of aromatic nitrogens is 3. The fraction of sp³-hybridized carbons (Fsp3) is 0.353. The molecule has 1 saturated heterocycles. The number of primary amides is 1. The molecule has 13 nitrogen and oxygen atoms in total. The molecule has 2 unspecified atom stereocenters. The average molecular weight is 543 g/mol. The van der Waals surface area contributed by atoms with Gasteiger partial charge in [0.1, 0.15) is 22.1 Å². The number of fused-ring (bicyclic) bond motifs is 1. The summed E-state index contributed by atoms with van der Waals surface area (Å²) < 4.78 is 0.705. The Labute approximate surface area is 208 Å². The molecule has 0 spiro atoms. The maximum atomic E-state index is 12.9. The smallest absolute Gasteiger partial charge is 0.352 e. The number of nitrogens with one attached hydrogen (secondary N) is 4. The topological polar surface area (TPSA) is 207 Å². The average Bonchev–Trinajstić information content (AvgIpc) is 3.40. The zero-order chi connectivity index (χ0) is 24.6. The molecule has 17 heteroatoms. The number of urea groups is 1. The third kappa shape index (κ3) is 4.82. The minimum Gasteiger partial charge on any atom is -0.477 e. The fourth-order valence-corrected chi connectivity index (χ4v) is 7.31. The van der Waals surface area contributed by atoms with Crippen LogP contribution in [0.4, 0.5) is 4.79 Å². The van der Waals surface area contributed by atoms with Crippen LogP contribution in [0.1, 0.15) is 16.7 Å². The van der Waals surface area contributed by atoms with Gasteiger partial charge >= 0.3 is 12.0 Å². The number of aromatic amines is 1. The van der Waals surface area contributed by atoms with Gasteiger partial charge in [0.05, 0.1) is 5.69 Å². The van der Waals surface area contributed by atoms with E-state index in [1.165, 1.54) is 45.1 Å². The summed E-state index contributed by atoms with van der Waals surface area (Å²) in [6.07, 6.45) is 0. The fourth-order valence-electron chi connectivity index (χ4n) is 3.40. The van der Waals surface area contributed by atoms with Crippen LogP contribution in [0.25, 0.3) is 0 Å². The number of hydrogen-bond donors (Lipinski definition) is 6. The normalized spacial score (nSPS) is 20.4. The van der Waals surface area contributed by atoms with E-state index in [1.54, 1.807) is 0 Å². The van der Waals surface area contributed by atoms with E-state index in [2.05, 4.69) is 25.8 Å². The minimum atomic E-state index is -1.24. The van der Waals surface area contributed by atoms with Gasteiger partial charge < -0.3 is 26.5 Å². The van der Waals surface area contributed by atoms with Crippen molar-refractivity contribution < 1.29 is 24.3 Å². The maximum Gasteiger partial charge on any atom is 0.352 e. The van der Waals surface area contributed by atoms with Crippen molar-refractivity contribution in [2.45, 2.75) is 28.7 Å². The first-order chi connectivity index (χ1) is 16.2. The molecule has 4 heterocycles. The SMILES string of the molecule is Cc1nnc(SCC2=C(C(=O)O)N3C(=O)[C@@H](NC(=O)C(NC(N)=O)c4csc(=N)[nH]4)C3SC2)s1. The number of rotatable bonds is 8. The van der Waals surface area contributed by atoms with Crippen molar-refractivity contribution in [3.63, 3.8) is 0 Å². The summed E-state index contributed by atoms with van der Waals surface area (Å²) >= 11 is 5.11. The Morgan fingerprint density at radius 3 is 2.79 bits per heavy atom. The molecule has 0 aliphatic carbocycles. The molecule has 2 aliphatic rings. The second-order valence-electron chi connectivity index (χ2n) is 7.12. The monoisotopic (exact) mass is 542 g/mol. The molecule has 2 aliphatic heterocycles. The quantitative estimate of drug-likeness (QED) is 0.195. The van der Waals surface area contributed by atoms with Crippen LogP contribution in [-0.4, -0.2) is 71.9 Å². The van der Waals surface area contributed by atoms with Crippen molar-refractivity contribution in [1.82, 2.24) is 30.7 Å². The zero-order valence-corrected chi connectivity index (χ0v) is 20.6. The summed E-state index contributed by atoms with van der Waals surface area (Å²) in [5.74, 6) is -1.80. The second kappa shape index (κ2) is 9.77. The highest BCUT2D eigenvalue weighted by molar-refractivity contribution is 8.01. The number of nitrogens with zero attached hydrogens (tertiary/aromatic N) is 3. The molecule has 0 saturated carbocycles. The van der Waals surface area contributed by atoms with Crippen molar-refractivity contribution in [3.8, 4) is 0 Å². The van der Waals surface area contributed by atoms with E-state index in [-0.39, 0.29) is 16.2 Å². The van der Waals surface area contributed by atoms with Crippen LogP contribution in [0, 0.1) is 12.3 Å². The van der Waals surface area contributed by atoms with E-state index in [4.69, 9.17) is 11.1 Å². The van der Waals surface area contributed by atoms with Gasteiger partial charge in [-0.15, -0.1) is 33.3 Å². The number of thiazole rings is 1. The second-order valence-corrected chi connectivity index (χ2v) is 11.5. The number of carbonyl (C=O) groups is 4. The van der Waals surface area contributed by atoms with Crippen LogP contribution in [0.2, 0.25) is 0 Å². The van der Waals surface area contributed by atoms with E-state index < -0.39 is 41.3 Å². The van der Waals surface area contributed by atoms with Gasteiger partial charge in [-0.2, -0.15) is 0 Å². The molecule has 2 aromatic rings. The number of carboxylic acid groups (broad SMARTS) is 1. The lowest BCUT2D eigenvalue weighted by Crippen LogP contribution is -2.71. The van der Waals surface area contributed by atoms with E-state index >= 15 is 0 Å². The van der Waals surface area contributed by atoms with E-state index in [9.17, 15) is 24.3 Å². The highest BCUT2D eigenvalue weighted by Crippen LogP contribution is 2.42. The van der Waals surface area contributed by atoms with Gasteiger partial charge in [0.15, 0.2) is 15.2 Å². The Morgan fingerprint density at radius 2 is 2.21 bits per heavy atom. The molecule has 0 radical (unpaired) electrons. The summed E-state index contributed by atoms with van der Waals surface area (Å²) in [5.41, 5.74) is 5.90. The Kier molecular flexibility index (Phi) is 6.96. The maximum absolute atomic E-state index is 12.9. The highest BCUT2D eigenvalue weighted by Gasteiger charge is 2.54. The minimum absolute atomic E-state index is 0.0677. The first kappa shape index (κ1) is 24.2. The molecule has 1 fully saturated rings. The van der Waals surface area contributed by atoms with Crippen molar-refractivity contribution >= 4 is 70.0 Å². The Hall–Kier alpha value is -2.89. The van der Waals surface area contributed by atoms with Gasteiger partial charge in [-0.05, 0) is 12.5 Å². The highest BCUT2D eigenvalue weighted by atomic mass is 32.2. The third-order valence-electron chi connectivity index (χ3n) is 4.85. The summed E-state index contributed by atoms with van der Waals surface area (Å²) in [6, 6.07) is -3.16. The van der Waals surface area contributed by atoms with E-state index in [0.29, 0.717) is 21.4 Å². The third-order valence-corrected chi connectivity index (χ3v) is 8.95. The Bertz CT molecular complexity index is 1250. The van der Waals surface area contributed by atoms with Crippen molar-refractivity contribution in [1.29, 1.82) is 5.41 Å². The molecule has 0 bridgehead atoms. The van der Waals surface area contributed by atoms with Crippen LogP contribution < -0.4 is 21.2 Å². The number of aryl methyl sites for hydroxylation is 1. The van der Waals surface area contributed by atoms with E-state index in [0.717, 1.165) is 16.3 Å². The lowest BCUT2D eigenvalue weighted by Gasteiger charge is -2.49. The lowest BCUT2D eigenvalue weighted by molar-refractivity contribution is -0.151. The van der Waals surface area contributed by atoms with E-state index in [1.807, 2.05) is 6.92 Å². The molecule has 0 aromatic carbocycles. The van der Waals surface area contributed by atoms with Crippen LogP contribution >= 0.6 is 46.2 Å². The van der Waals surface area contributed by atoms with Crippen LogP contribution in [0.5, 0.6) is 0 Å². The number of nitrogens with two attached hydrogens (primary N) is 1. The number of β-lactam (4-membered cyclic amide) rings is 1. The van der Waals surface area contributed by atoms with Gasteiger partial charge in [-0.25, -0.2) is 9.59 Å². The van der Waals surface area contributed by atoms with Gasteiger partial charge in [-0.1, -0.05) is 23.1 Å². The number of hydrogen-bond acceptors (Lipinski definition) is 11. The van der Waals surface area contributed by atoms with Gasteiger partial charge in [0, 0.05) is 16.9 Å². The standard InChI is InChI=1S/C17H18N8O5S4/c1-5-23-24-17(34-5)33-3-6-2-31-13-9(12(27)25(13)10(6)14(28)29)21-11(26)8(22-15(18)30)7-4-32-16(19)20-7/h4,8-9,13H,2-3H2,1H3,(H2,19,20)(H,21,26)(H,28,29)(H3,18,22,30)/t8?,9-,13?/m1/s1. The zero-order valence-electron chi connectivity index (χ0n) is 17.4. The van der Waals surface area contributed by atoms with Crippen molar-refractivity contribution in [3.05, 3.63) is 32.2 Å². The number of carbonyl (C=O) groups excluding carboxylic acids is 3. The number of H-pyrrole nitrogens is 1. The number of aliphatic carboxylic acids is 1. The summed E-state index contributed by atoms with van der Waals surface area (Å²) in [5, 5.41) is 31.9. The van der Waals surface area contributed by atoms with Crippen LogP contribution in [0.15, 0.2) is 21.0 Å². The predicted octanol–water partition coefficient (Wildman–Crippen LogP) is -0.0441. The summed E-state index contributed by atoms with van der Waals surface area (Å²) in [7, 11) is 0. The molecule has 4 amide bonds. The lowest BCUT2D eigenvalue weighted by atomic mass is 10.0. The first-order valence-electron chi connectivity index (χ1n) is 9.57. The number of amides is 4. The van der Waals surface area contributed by atoms with Gasteiger partial charge in [0.2, 0.25) is 5.91 Å². The molecule has 180 valence electrons. The number of carboxylic acids is 1. The molecule has 4 rings (SSSR count). The molecule has 34 heavy (non-hydrogen) atoms. The van der Waals surface area contributed by atoms with Gasteiger partial charge in [-0.3, -0.25) is 19.9 Å². The largest absolute Gasteiger partial charge is 0.477 e. The molecule has 7 N–H and O–H groups in total. The van der Waals surface area contributed by atoms with Crippen molar-refractivity contribution in [2.75, 3.05) is 11.5 Å². The number of thioether (sulfide) groups is 2. The Morgan fingerprint density at radius 1 is 1.44 bits per heavy atom. The molecule has 3 atom stereocenters. The summed E-state index contributed by atoms with van der Waals surface area (Å²) in [4.78, 5) is 53.0. The molecular weight excluding hydrogens is 525 g/mol. The summed E-state index contributed by atoms with van der Waals surface area (Å²) in [6.45, 7) is 1.82. The predicted molar refractivity (Wildman–Crippen MR) is 125 cm³/mol. The van der Waals surface area contributed by atoms with Crippen LogP contribution in [0.3, 0.4) is 0 Å². The first-order valence-corrected chi connectivity index (χ1v) is 13.3. The van der Waals surface area contributed by atoms with Crippen molar-refractivity contribution in [2.24, 2.45) is 5.73 Å². The van der Waals surface area contributed by atoms with Crippen LogP contribution in [-0.2, 0) is 14.4 Å². The molecular formula is C17H18N8O5S4. The van der Waals surface area contributed by atoms with Gasteiger partial charge in [0.25, 0.3) is 5.91 Å². The molecule has 2 aromatic heterocycles.